The number of H-pyrrole nitrogens is 1. The van der Waals surface area contributed by atoms with Gasteiger partial charge in [-0.25, -0.2) is 4.52 Å². The highest BCUT2D eigenvalue weighted by molar-refractivity contribution is 5.37. The number of rotatable bonds is 0. The van der Waals surface area contributed by atoms with E-state index in [1.807, 2.05) is 20.8 Å². The normalized spacial score (nSPS) is 12.2. The highest BCUT2D eigenvalue weighted by atomic mass is 16.1. The highest BCUT2D eigenvalue weighted by Gasteiger charge is 2.19. The Bertz CT molecular complexity index is 516. The van der Waals surface area contributed by atoms with E-state index in [-0.39, 0.29) is 10.8 Å². The van der Waals surface area contributed by atoms with E-state index in [9.17, 15) is 4.79 Å². The Morgan fingerprint density at radius 3 is 2.79 bits per heavy atom. The van der Waals surface area contributed by atoms with Crippen LogP contribution >= 0.6 is 0 Å². The van der Waals surface area contributed by atoms with Gasteiger partial charge in [0.15, 0.2) is 0 Å². The first-order chi connectivity index (χ1) is 6.48. The number of aromatic nitrogens is 3. The van der Waals surface area contributed by atoms with Crippen LogP contribution in [-0.2, 0) is 5.41 Å². The summed E-state index contributed by atoms with van der Waals surface area (Å²) in [6, 6.07) is 1.58. The van der Waals surface area contributed by atoms with E-state index in [1.165, 1.54) is 0 Å². The number of nitrogens with one attached hydrogen (secondary N) is 1. The Morgan fingerprint density at radius 2 is 2.14 bits per heavy atom. The van der Waals surface area contributed by atoms with Crippen molar-refractivity contribution < 1.29 is 0 Å². The number of hydrogen-bond donors (Lipinski definition) is 1. The van der Waals surface area contributed by atoms with Crippen LogP contribution in [-0.4, -0.2) is 14.6 Å². The third-order valence-corrected chi connectivity index (χ3v) is 2.11. The predicted molar refractivity (Wildman–Crippen MR) is 54.5 cm³/mol. The molecule has 0 radical (unpaired) electrons. The zero-order valence-corrected chi connectivity index (χ0v) is 8.53. The van der Waals surface area contributed by atoms with Crippen molar-refractivity contribution in [2.24, 2.45) is 0 Å². The third-order valence-electron chi connectivity index (χ3n) is 2.11. The van der Waals surface area contributed by atoms with Crippen molar-refractivity contribution in [1.82, 2.24) is 14.6 Å². The Labute approximate surface area is 81.6 Å². The number of hydrogen-bond acceptors (Lipinski definition) is 2. The molecular weight excluding hydrogens is 178 g/mol. The second-order valence-corrected chi connectivity index (χ2v) is 4.40. The van der Waals surface area contributed by atoms with Gasteiger partial charge in [0.25, 0.3) is 0 Å². The molecule has 14 heavy (non-hydrogen) atoms. The van der Waals surface area contributed by atoms with Gasteiger partial charge in [-0.2, -0.15) is 5.10 Å². The molecule has 0 saturated carbocycles. The summed E-state index contributed by atoms with van der Waals surface area (Å²) in [5.41, 5.74) is 1.09. The fourth-order valence-electron chi connectivity index (χ4n) is 1.40. The molecule has 2 aromatic rings. The Balaban J connectivity index is 2.78. The van der Waals surface area contributed by atoms with Crippen molar-refractivity contribution >= 4 is 5.65 Å². The average Bonchev–Trinajstić information content (AvgIpc) is 2.47. The first-order valence-electron chi connectivity index (χ1n) is 4.56. The molecule has 4 nitrogen and oxygen atoms in total. The van der Waals surface area contributed by atoms with Gasteiger partial charge in [0, 0.05) is 23.9 Å². The van der Waals surface area contributed by atoms with Crippen LogP contribution in [0.1, 0.15) is 26.5 Å². The van der Waals surface area contributed by atoms with Crippen molar-refractivity contribution in [2.45, 2.75) is 26.2 Å². The molecule has 2 heterocycles. The van der Waals surface area contributed by atoms with Gasteiger partial charge in [-0.1, -0.05) is 20.8 Å². The van der Waals surface area contributed by atoms with E-state index in [0.717, 1.165) is 5.65 Å². The second-order valence-electron chi connectivity index (χ2n) is 4.40. The van der Waals surface area contributed by atoms with E-state index in [4.69, 9.17) is 0 Å². The van der Waals surface area contributed by atoms with Crippen LogP contribution in [0, 0.1) is 0 Å². The summed E-state index contributed by atoms with van der Waals surface area (Å²) in [5.74, 6) is 0. The molecule has 0 aliphatic heterocycles. The van der Waals surface area contributed by atoms with Gasteiger partial charge in [-0.15, -0.1) is 0 Å². The summed E-state index contributed by atoms with van der Waals surface area (Å²) in [5, 5.41) is 4.28. The Kier molecular flexibility index (Phi) is 1.74. The van der Waals surface area contributed by atoms with Crippen LogP contribution in [0.4, 0.5) is 0 Å². The van der Waals surface area contributed by atoms with Crippen molar-refractivity contribution in [2.75, 3.05) is 0 Å². The first kappa shape index (κ1) is 8.99. The summed E-state index contributed by atoms with van der Waals surface area (Å²) in [6.45, 7) is 5.95. The summed E-state index contributed by atoms with van der Waals surface area (Å²) < 4.78 is 1.68. The minimum absolute atomic E-state index is 0.0139. The summed E-state index contributed by atoms with van der Waals surface area (Å²) in [4.78, 5) is 14.6. The lowest BCUT2D eigenvalue weighted by Crippen LogP contribution is -2.25. The second kappa shape index (κ2) is 2.70. The largest absolute Gasteiger partial charge is 0.345 e. The molecule has 1 N–H and O–H groups in total. The zero-order chi connectivity index (χ0) is 10.3. The molecule has 74 valence electrons. The highest BCUT2D eigenvalue weighted by Crippen LogP contribution is 2.15. The third kappa shape index (κ3) is 1.32. The van der Waals surface area contributed by atoms with Crippen molar-refractivity contribution in [3.05, 3.63) is 34.4 Å². The molecule has 4 heteroatoms. The SMILES string of the molecule is CC(C)(C)c1nn2cc[nH]c2cc1=O. The molecule has 0 spiro atoms. The lowest BCUT2D eigenvalue weighted by molar-refractivity contribution is 0.548. The van der Waals surface area contributed by atoms with Crippen molar-refractivity contribution in [3.8, 4) is 0 Å². The molecule has 0 saturated heterocycles. The van der Waals surface area contributed by atoms with Gasteiger partial charge in [0.1, 0.15) is 11.3 Å². The van der Waals surface area contributed by atoms with Gasteiger partial charge < -0.3 is 4.98 Å². The van der Waals surface area contributed by atoms with Crippen LogP contribution in [0.2, 0.25) is 0 Å². The Morgan fingerprint density at radius 1 is 1.43 bits per heavy atom. The topological polar surface area (TPSA) is 50.2 Å². The minimum Gasteiger partial charge on any atom is -0.345 e. The van der Waals surface area contributed by atoms with E-state index in [1.54, 1.807) is 23.0 Å². The van der Waals surface area contributed by atoms with Crippen LogP contribution in [0.25, 0.3) is 5.65 Å². The summed E-state index contributed by atoms with van der Waals surface area (Å²) >= 11 is 0. The van der Waals surface area contributed by atoms with E-state index < -0.39 is 0 Å². The summed E-state index contributed by atoms with van der Waals surface area (Å²) in [6.07, 6.45) is 3.55. The monoisotopic (exact) mass is 191 g/mol. The van der Waals surface area contributed by atoms with Crippen LogP contribution in [0.5, 0.6) is 0 Å². The molecule has 0 aliphatic carbocycles. The molecule has 0 bridgehead atoms. The lowest BCUT2D eigenvalue weighted by Gasteiger charge is -2.15. The fourth-order valence-corrected chi connectivity index (χ4v) is 1.40. The number of imidazole rings is 1. The van der Waals surface area contributed by atoms with Crippen LogP contribution in [0.3, 0.4) is 0 Å². The number of aromatic amines is 1. The maximum absolute atomic E-state index is 11.7. The molecular formula is C10H13N3O. The zero-order valence-electron chi connectivity index (χ0n) is 8.53. The molecule has 0 amide bonds. The van der Waals surface area contributed by atoms with Gasteiger partial charge in [0.2, 0.25) is 5.43 Å². The summed E-state index contributed by atoms with van der Waals surface area (Å²) in [7, 11) is 0. The lowest BCUT2D eigenvalue weighted by atomic mass is 9.92. The first-order valence-corrected chi connectivity index (χ1v) is 4.56. The maximum Gasteiger partial charge on any atom is 0.206 e. The molecule has 0 unspecified atom stereocenters. The number of nitrogens with zero attached hydrogens (tertiary/aromatic N) is 2. The van der Waals surface area contributed by atoms with E-state index >= 15 is 0 Å². The van der Waals surface area contributed by atoms with Crippen molar-refractivity contribution in [1.29, 1.82) is 0 Å². The van der Waals surface area contributed by atoms with Crippen LogP contribution in [0.15, 0.2) is 23.3 Å². The Hall–Kier alpha value is -1.58. The maximum atomic E-state index is 11.7. The molecule has 0 atom stereocenters. The molecule has 0 fully saturated rings. The fraction of sp³-hybridized carbons (Fsp3) is 0.400. The molecule has 0 aromatic carbocycles. The standard InChI is InChI=1S/C10H13N3O/c1-10(2,3)9-7(14)6-8-11-4-5-13(8)12-9/h4-6,11H,1-3H3. The predicted octanol–water partition coefficient (Wildman–Crippen LogP) is 1.32. The van der Waals surface area contributed by atoms with Gasteiger partial charge >= 0.3 is 0 Å². The van der Waals surface area contributed by atoms with E-state index in [0.29, 0.717) is 5.69 Å². The van der Waals surface area contributed by atoms with Gasteiger partial charge in [-0.3, -0.25) is 4.79 Å². The van der Waals surface area contributed by atoms with Crippen molar-refractivity contribution in [3.63, 3.8) is 0 Å². The smallest absolute Gasteiger partial charge is 0.206 e. The molecule has 2 rings (SSSR count). The van der Waals surface area contributed by atoms with Gasteiger partial charge in [0.05, 0.1) is 0 Å². The van der Waals surface area contributed by atoms with Gasteiger partial charge in [-0.05, 0) is 0 Å². The average molecular weight is 191 g/mol. The molecule has 0 aliphatic rings. The quantitative estimate of drug-likeness (QED) is 0.682. The van der Waals surface area contributed by atoms with Crippen LogP contribution < -0.4 is 5.43 Å². The molecule has 2 aromatic heterocycles. The minimum atomic E-state index is -0.213. The number of fused-ring (bicyclic) bond motifs is 1. The van der Waals surface area contributed by atoms with E-state index in [2.05, 4.69) is 10.1 Å².